The highest BCUT2D eigenvalue weighted by atomic mass is 19.1. The molecule has 3 N–H and O–H groups in total. The summed E-state index contributed by atoms with van der Waals surface area (Å²) in [5.41, 5.74) is -1.54. The van der Waals surface area contributed by atoms with Gasteiger partial charge < -0.3 is 19.5 Å². The fourth-order valence-corrected chi connectivity index (χ4v) is 5.36. The van der Waals surface area contributed by atoms with E-state index in [0.717, 1.165) is 0 Å². The highest BCUT2D eigenvalue weighted by molar-refractivity contribution is 6.20. The topological polar surface area (TPSA) is 143 Å². The molecule has 0 aliphatic carbocycles. The molecule has 5 amide bonds. The molecule has 3 aliphatic rings. The molecule has 3 atom stereocenters. The number of carbonyl (C=O) groups is 4. The number of morpholine rings is 1. The molecule has 2 fully saturated rings. The van der Waals surface area contributed by atoms with E-state index in [1.807, 2.05) is 0 Å². The van der Waals surface area contributed by atoms with Crippen LogP contribution in [0.2, 0.25) is 0 Å². The van der Waals surface area contributed by atoms with Gasteiger partial charge in [0.05, 0.1) is 29.3 Å². The molecule has 1 aromatic heterocycles. The highest BCUT2D eigenvalue weighted by Gasteiger charge is 2.63. The van der Waals surface area contributed by atoms with Gasteiger partial charge in [0.15, 0.2) is 16.9 Å². The Morgan fingerprint density at radius 3 is 2.67 bits per heavy atom. The van der Waals surface area contributed by atoms with E-state index in [9.17, 15) is 19.2 Å². The molecule has 11 nitrogen and oxygen atoms in total. The Kier molecular flexibility index (Phi) is 4.67. The normalized spacial score (nSPS) is 26.0. The Morgan fingerprint density at radius 1 is 1.30 bits per heavy atom. The summed E-state index contributed by atoms with van der Waals surface area (Å²) in [4.78, 5) is 52.2. The lowest BCUT2D eigenvalue weighted by atomic mass is 9.66. The van der Waals surface area contributed by atoms with Crippen molar-refractivity contribution in [3.05, 3.63) is 23.1 Å². The number of fused-ring (bicyclic) bond motifs is 5. The van der Waals surface area contributed by atoms with Gasteiger partial charge in [0.2, 0.25) is 17.4 Å². The van der Waals surface area contributed by atoms with Crippen LogP contribution in [0.1, 0.15) is 36.8 Å². The van der Waals surface area contributed by atoms with Gasteiger partial charge in [0.1, 0.15) is 0 Å². The molecule has 33 heavy (non-hydrogen) atoms. The third kappa shape index (κ3) is 2.86. The minimum Gasteiger partial charge on any atom is -0.372 e. The maximum Gasteiger partial charge on any atom is 0.328 e. The number of nitrogens with zero attached hydrogens (tertiary/aromatic N) is 2. The molecular formula is C21H22FN5O6. The van der Waals surface area contributed by atoms with Crippen LogP contribution < -0.4 is 20.9 Å². The minimum absolute atomic E-state index is 0.0961. The predicted octanol–water partition coefficient (Wildman–Crippen LogP) is 0.607. The number of carbonyl (C=O) groups excluding carboxylic acids is 4. The van der Waals surface area contributed by atoms with Gasteiger partial charge in [-0.2, -0.15) is 0 Å². The van der Waals surface area contributed by atoms with Crippen LogP contribution in [0.3, 0.4) is 0 Å². The lowest BCUT2D eigenvalue weighted by Gasteiger charge is -2.55. The van der Waals surface area contributed by atoms with Gasteiger partial charge in [-0.25, -0.2) is 9.18 Å². The van der Waals surface area contributed by atoms with E-state index in [1.165, 1.54) is 6.07 Å². The Labute approximate surface area is 187 Å². The average molecular weight is 459 g/mol. The molecule has 1 aromatic carbocycles. The monoisotopic (exact) mass is 459 g/mol. The molecule has 5 rings (SSSR count). The first-order valence-corrected chi connectivity index (χ1v) is 10.7. The molecule has 0 saturated carbocycles. The quantitative estimate of drug-likeness (QED) is 0.555. The molecule has 174 valence electrons. The lowest BCUT2D eigenvalue weighted by molar-refractivity contribution is -0.153. The summed E-state index contributed by atoms with van der Waals surface area (Å²) >= 11 is 0. The Bertz CT molecular complexity index is 1210. The number of amides is 5. The van der Waals surface area contributed by atoms with Crippen LogP contribution in [0.5, 0.6) is 0 Å². The summed E-state index contributed by atoms with van der Waals surface area (Å²) in [6.45, 7) is 5.77. The van der Waals surface area contributed by atoms with Crippen molar-refractivity contribution in [2.24, 2.45) is 5.41 Å². The van der Waals surface area contributed by atoms with Crippen molar-refractivity contribution >= 4 is 40.4 Å². The number of ether oxygens (including phenoxy) is 1. The maximum absolute atomic E-state index is 15.8. The van der Waals surface area contributed by atoms with E-state index >= 15 is 4.39 Å². The second-order valence-corrected chi connectivity index (χ2v) is 8.60. The number of hydrogen-bond acceptors (Lipinski definition) is 8. The van der Waals surface area contributed by atoms with Crippen LogP contribution in [0.15, 0.2) is 10.6 Å². The van der Waals surface area contributed by atoms with Crippen LogP contribution in [-0.4, -0.2) is 60.2 Å². The number of halogens is 1. The van der Waals surface area contributed by atoms with Crippen molar-refractivity contribution in [1.29, 1.82) is 0 Å². The second-order valence-electron chi connectivity index (χ2n) is 8.60. The molecule has 0 radical (unpaired) electrons. The number of imide groups is 2. The first kappa shape index (κ1) is 21.3. The summed E-state index contributed by atoms with van der Waals surface area (Å²) in [5.74, 6) is -2.83. The van der Waals surface area contributed by atoms with Crippen LogP contribution in [0.4, 0.5) is 14.9 Å². The van der Waals surface area contributed by atoms with Gasteiger partial charge in [-0.05, 0) is 32.4 Å². The van der Waals surface area contributed by atoms with Gasteiger partial charge in [-0.15, -0.1) is 0 Å². The van der Waals surface area contributed by atoms with Crippen molar-refractivity contribution in [2.75, 3.05) is 18.0 Å². The minimum atomic E-state index is -1.75. The van der Waals surface area contributed by atoms with Crippen molar-refractivity contribution in [3.8, 4) is 0 Å². The van der Waals surface area contributed by atoms with E-state index in [1.54, 1.807) is 25.7 Å². The highest BCUT2D eigenvalue weighted by Crippen LogP contribution is 2.49. The number of benzene rings is 1. The van der Waals surface area contributed by atoms with Crippen molar-refractivity contribution in [3.63, 3.8) is 0 Å². The molecule has 0 bridgehead atoms. The fraction of sp³-hybridized carbons (Fsp3) is 0.476. The first-order valence-electron chi connectivity index (χ1n) is 10.7. The zero-order valence-electron chi connectivity index (χ0n) is 18.2. The van der Waals surface area contributed by atoms with E-state index < -0.39 is 47.1 Å². The van der Waals surface area contributed by atoms with Crippen molar-refractivity contribution in [1.82, 2.24) is 21.1 Å². The zero-order valence-corrected chi connectivity index (χ0v) is 18.2. The number of anilines is 1. The molecule has 12 heteroatoms. The summed E-state index contributed by atoms with van der Waals surface area (Å²) in [6, 6.07) is -0.272. The maximum atomic E-state index is 15.8. The lowest BCUT2D eigenvalue weighted by Crippen LogP contribution is -2.75. The molecule has 4 heterocycles. The van der Waals surface area contributed by atoms with E-state index in [4.69, 9.17) is 9.26 Å². The summed E-state index contributed by atoms with van der Waals surface area (Å²) in [5, 5.41) is 10.8. The van der Waals surface area contributed by atoms with Crippen molar-refractivity contribution < 1.29 is 32.8 Å². The molecule has 2 aromatic rings. The number of hydrogen-bond donors (Lipinski definition) is 3. The Morgan fingerprint density at radius 2 is 2.00 bits per heavy atom. The van der Waals surface area contributed by atoms with Gasteiger partial charge in [-0.1, -0.05) is 5.16 Å². The average Bonchev–Trinajstić information content (AvgIpc) is 3.15. The second kappa shape index (κ2) is 7.24. The van der Waals surface area contributed by atoms with Crippen LogP contribution >= 0.6 is 0 Å². The van der Waals surface area contributed by atoms with Crippen LogP contribution in [0, 0.1) is 11.2 Å². The summed E-state index contributed by atoms with van der Waals surface area (Å²) in [6.07, 6.45) is -1.17. The van der Waals surface area contributed by atoms with Crippen LogP contribution in [0.25, 0.3) is 11.0 Å². The van der Waals surface area contributed by atoms with Crippen LogP contribution in [-0.2, 0) is 20.7 Å². The Hall–Kier alpha value is -3.54. The van der Waals surface area contributed by atoms with Gasteiger partial charge in [0, 0.05) is 19.5 Å². The van der Waals surface area contributed by atoms with E-state index in [2.05, 4.69) is 21.1 Å². The van der Waals surface area contributed by atoms with Gasteiger partial charge in [0.25, 0.3) is 5.91 Å². The number of barbiturate groups is 1. The smallest absolute Gasteiger partial charge is 0.328 e. The van der Waals surface area contributed by atoms with Crippen molar-refractivity contribution in [2.45, 2.75) is 45.4 Å². The Balaban J connectivity index is 1.75. The number of urea groups is 1. The SMILES string of the molecule is CCNC(=O)c1noc2c(F)c3c(cc12)CC1(C(=O)NC(=O)NC1=O)[C@H]1[C@H](C)O[C@H](C)CN31. The first-order chi connectivity index (χ1) is 15.7. The predicted molar refractivity (Wildman–Crippen MR) is 111 cm³/mol. The van der Waals surface area contributed by atoms with E-state index in [-0.39, 0.29) is 41.4 Å². The molecular weight excluding hydrogens is 437 g/mol. The number of rotatable bonds is 2. The molecule has 1 spiro atoms. The molecule has 2 saturated heterocycles. The molecule has 3 aliphatic heterocycles. The fourth-order valence-electron chi connectivity index (χ4n) is 5.36. The third-order valence-electron chi connectivity index (χ3n) is 6.52. The third-order valence-corrected chi connectivity index (χ3v) is 6.52. The summed E-state index contributed by atoms with van der Waals surface area (Å²) < 4.78 is 27.0. The van der Waals surface area contributed by atoms with Gasteiger partial charge in [-0.3, -0.25) is 25.0 Å². The number of aromatic nitrogens is 1. The molecule has 0 unspecified atom stereocenters. The standard InChI is InChI=1S/C21H22FN5O6/c1-4-23-17(28)13-11-5-10-6-21(18(29)24-20(31)25-19(21)30)16-9(3)32-8(2)7-27(16)14(10)12(22)15(11)33-26-13/h5,8-9,16H,4,6-7H2,1-3H3,(H,23,28)(H2,24,25,29,30,31)/t8-,9+,16-/m1/s1. The van der Waals surface area contributed by atoms with E-state index in [0.29, 0.717) is 12.1 Å². The summed E-state index contributed by atoms with van der Waals surface area (Å²) in [7, 11) is 0. The zero-order chi connectivity index (χ0) is 23.7. The largest absolute Gasteiger partial charge is 0.372 e. The number of nitrogens with one attached hydrogen (secondary N) is 3. The van der Waals surface area contributed by atoms with Gasteiger partial charge >= 0.3 is 6.03 Å².